The Balaban J connectivity index is 1.79. The van der Waals surface area contributed by atoms with E-state index in [2.05, 4.69) is 29.2 Å². The summed E-state index contributed by atoms with van der Waals surface area (Å²) >= 11 is 0. The summed E-state index contributed by atoms with van der Waals surface area (Å²) in [4.78, 5) is 13.7. The lowest BCUT2D eigenvalue weighted by Crippen LogP contribution is -2.28. The van der Waals surface area contributed by atoms with Crippen molar-refractivity contribution >= 4 is 5.91 Å². The number of methoxy groups -OCH3 is 1. The van der Waals surface area contributed by atoms with Gasteiger partial charge in [-0.1, -0.05) is 66.7 Å². The van der Waals surface area contributed by atoms with Crippen LogP contribution in [0.15, 0.2) is 78.9 Å². The lowest BCUT2D eigenvalue weighted by molar-refractivity contribution is 0.0992. The molecule has 0 heterocycles. The number of primary amides is 1. The van der Waals surface area contributed by atoms with Crippen molar-refractivity contribution in [3.05, 3.63) is 101 Å². The van der Waals surface area contributed by atoms with Crippen molar-refractivity contribution in [3.8, 4) is 5.75 Å². The van der Waals surface area contributed by atoms with Crippen molar-refractivity contribution in [1.29, 1.82) is 0 Å². The molecule has 3 aromatic carbocycles. The lowest BCUT2D eigenvalue weighted by atomic mass is 10.0. The summed E-state index contributed by atoms with van der Waals surface area (Å²) in [5.41, 5.74) is 8.71. The second-order valence-corrected chi connectivity index (χ2v) is 6.98. The van der Waals surface area contributed by atoms with Gasteiger partial charge in [-0.05, 0) is 28.8 Å². The highest BCUT2D eigenvalue weighted by atomic mass is 16.5. The summed E-state index contributed by atoms with van der Waals surface area (Å²) in [6, 6.07) is 25.3. The fraction of sp³-hybridized carbons (Fsp3) is 0.208. The van der Waals surface area contributed by atoms with E-state index in [0.717, 1.165) is 0 Å². The summed E-state index contributed by atoms with van der Waals surface area (Å²) in [6.07, 6.45) is -0.738. The van der Waals surface area contributed by atoms with E-state index in [1.807, 2.05) is 36.4 Å². The van der Waals surface area contributed by atoms with E-state index >= 15 is 0 Å². The molecule has 3 aromatic rings. The van der Waals surface area contributed by atoms with Crippen molar-refractivity contribution in [2.24, 2.45) is 5.73 Å². The zero-order valence-corrected chi connectivity index (χ0v) is 16.5. The van der Waals surface area contributed by atoms with Crippen molar-refractivity contribution < 1.29 is 14.6 Å². The average molecular weight is 390 g/mol. The fourth-order valence-corrected chi connectivity index (χ4v) is 3.34. The first-order valence-corrected chi connectivity index (χ1v) is 9.53. The van der Waals surface area contributed by atoms with Gasteiger partial charge in [0, 0.05) is 19.6 Å². The van der Waals surface area contributed by atoms with Gasteiger partial charge in [-0.2, -0.15) is 0 Å². The summed E-state index contributed by atoms with van der Waals surface area (Å²) < 4.78 is 5.27. The molecule has 29 heavy (non-hydrogen) atoms. The molecule has 1 amide bonds. The van der Waals surface area contributed by atoms with E-state index < -0.39 is 12.0 Å². The largest absolute Gasteiger partial charge is 0.496 e. The molecule has 0 radical (unpaired) electrons. The third kappa shape index (κ3) is 5.67. The van der Waals surface area contributed by atoms with E-state index in [4.69, 9.17) is 10.5 Å². The number of nitrogens with zero attached hydrogens (tertiary/aromatic N) is 1. The minimum Gasteiger partial charge on any atom is -0.496 e. The summed E-state index contributed by atoms with van der Waals surface area (Å²) in [5, 5.41) is 10.9. The topological polar surface area (TPSA) is 75.8 Å². The Kier molecular flexibility index (Phi) is 7.00. The van der Waals surface area contributed by atoms with Gasteiger partial charge in [-0.15, -0.1) is 0 Å². The number of ether oxygens (including phenoxy) is 1. The standard InChI is InChI=1S/C24H26N2O3/c1-29-23-14-20(12-13-21(23)24(25)28)22(27)17-26(15-18-8-4-2-5-9-18)16-19-10-6-3-7-11-19/h2-14,22,27H,15-17H2,1H3,(H2,25,28). The number of carbonyl (C=O) groups is 1. The average Bonchev–Trinajstić information content (AvgIpc) is 2.74. The van der Waals surface area contributed by atoms with Crippen LogP contribution >= 0.6 is 0 Å². The van der Waals surface area contributed by atoms with E-state index in [1.165, 1.54) is 18.2 Å². The van der Waals surface area contributed by atoms with E-state index in [9.17, 15) is 9.90 Å². The Labute approximate surface area is 171 Å². The van der Waals surface area contributed by atoms with Gasteiger partial charge in [0.15, 0.2) is 0 Å². The van der Waals surface area contributed by atoms with Crippen molar-refractivity contribution in [1.82, 2.24) is 4.90 Å². The summed E-state index contributed by atoms with van der Waals surface area (Å²) in [6.45, 7) is 1.86. The maximum absolute atomic E-state index is 11.5. The molecule has 3 N–H and O–H groups in total. The normalized spacial score (nSPS) is 12.0. The first-order chi connectivity index (χ1) is 14.1. The molecule has 0 aliphatic rings. The van der Waals surface area contributed by atoms with Crippen LogP contribution in [0.25, 0.3) is 0 Å². The first-order valence-electron chi connectivity index (χ1n) is 9.53. The summed E-state index contributed by atoms with van der Waals surface area (Å²) in [5.74, 6) is -0.190. The first kappa shape index (κ1) is 20.6. The number of hydrogen-bond acceptors (Lipinski definition) is 4. The van der Waals surface area contributed by atoms with Crippen LogP contribution in [-0.4, -0.2) is 29.6 Å². The van der Waals surface area contributed by atoms with Crippen molar-refractivity contribution in [2.45, 2.75) is 19.2 Å². The van der Waals surface area contributed by atoms with Gasteiger partial charge in [0.1, 0.15) is 5.75 Å². The van der Waals surface area contributed by atoms with Crippen LogP contribution in [0.4, 0.5) is 0 Å². The van der Waals surface area contributed by atoms with Crippen LogP contribution in [0, 0.1) is 0 Å². The molecule has 0 fully saturated rings. The molecule has 150 valence electrons. The zero-order chi connectivity index (χ0) is 20.6. The minimum atomic E-state index is -0.738. The van der Waals surface area contributed by atoms with Gasteiger partial charge in [0.25, 0.3) is 5.91 Å². The predicted molar refractivity (Wildman–Crippen MR) is 113 cm³/mol. The number of nitrogens with two attached hydrogens (primary N) is 1. The highest BCUT2D eigenvalue weighted by Crippen LogP contribution is 2.25. The summed E-state index contributed by atoms with van der Waals surface area (Å²) in [7, 11) is 1.48. The van der Waals surface area contributed by atoms with E-state index in [1.54, 1.807) is 18.2 Å². The smallest absolute Gasteiger partial charge is 0.252 e. The molecule has 0 saturated carbocycles. The number of aliphatic hydroxyl groups excluding tert-OH is 1. The van der Waals surface area contributed by atoms with Gasteiger partial charge in [0.2, 0.25) is 0 Å². The highest BCUT2D eigenvalue weighted by molar-refractivity contribution is 5.95. The second-order valence-electron chi connectivity index (χ2n) is 6.98. The van der Waals surface area contributed by atoms with Gasteiger partial charge >= 0.3 is 0 Å². The Morgan fingerprint density at radius 2 is 1.52 bits per heavy atom. The Morgan fingerprint density at radius 3 is 2.00 bits per heavy atom. The van der Waals surface area contributed by atoms with Gasteiger partial charge in [0.05, 0.1) is 18.8 Å². The number of hydrogen-bond donors (Lipinski definition) is 2. The molecular formula is C24H26N2O3. The third-order valence-electron chi connectivity index (χ3n) is 4.80. The van der Waals surface area contributed by atoms with Crippen molar-refractivity contribution in [2.75, 3.05) is 13.7 Å². The monoisotopic (exact) mass is 390 g/mol. The van der Waals surface area contributed by atoms with Crippen LogP contribution in [-0.2, 0) is 13.1 Å². The lowest BCUT2D eigenvalue weighted by Gasteiger charge is -2.26. The molecular weight excluding hydrogens is 364 g/mol. The Morgan fingerprint density at radius 1 is 0.966 bits per heavy atom. The molecule has 0 saturated heterocycles. The molecule has 1 atom stereocenters. The fourth-order valence-electron chi connectivity index (χ4n) is 3.34. The van der Waals surface area contributed by atoms with Crippen LogP contribution in [0.5, 0.6) is 5.75 Å². The molecule has 1 unspecified atom stereocenters. The van der Waals surface area contributed by atoms with E-state index in [-0.39, 0.29) is 0 Å². The molecule has 0 spiro atoms. The molecule has 5 heteroatoms. The molecule has 0 aliphatic carbocycles. The molecule has 5 nitrogen and oxygen atoms in total. The second kappa shape index (κ2) is 9.87. The Bertz CT molecular complexity index is 888. The SMILES string of the molecule is COc1cc(C(O)CN(Cc2ccccc2)Cc2ccccc2)ccc1C(N)=O. The number of carbonyl (C=O) groups excluding carboxylic acids is 1. The minimum absolute atomic E-state index is 0.300. The maximum Gasteiger partial charge on any atom is 0.252 e. The highest BCUT2D eigenvalue weighted by Gasteiger charge is 2.17. The Hall–Kier alpha value is -3.15. The quantitative estimate of drug-likeness (QED) is 0.586. The molecule has 3 rings (SSSR count). The van der Waals surface area contributed by atoms with Crippen LogP contribution in [0.2, 0.25) is 0 Å². The van der Waals surface area contributed by atoms with E-state index in [0.29, 0.717) is 36.5 Å². The third-order valence-corrected chi connectivity index (χ3v) is 4.80. The van der Waals surface area contributed by atoms with Gasteiger partial charge in [-0.3, -0.25) is 9.69 Å². The van der Waals surface area contributed by atoms with Crippen LogP contribution in [0.3, 0.4) is 0 Å². The molecule has 0 aliphatic heterocycles. The zero-order valence-electron chi connectivity index (χ0n) is 16.5. The predicted octanol–water partition coefficient (Wildman–Crippen LogP) is 3.53. The number of aliphatic hydroxyl groups is 1. The molecule has 0 bridgehead atoms. The number of benzene rings is 3. The van der Waals surface area contributed by atoms with Crippen LogP contribution in [0.1, 0.15) is 33.2 Å². The number of rotatable bonds is 9. The molecule has 0 aromatic heterocycles. The van der Waals surface area contributed by atoms with Crippen molar-refractivity contribution in [3.63, 3.8) is 0 Å². The van der Waals surface area contributed by atoms with Crippen LogP contribution < -0.4 is 10.5 Å². The van der Waals surface area contributed by atoms with Gasteiger partial charge in [-0.25, -0.2) is 0 Å². The number of amides is 1. The maximum atomic E-state index is 11.5. The van der Waals surface area contributed by atoms with Gasteiger partial charge < -0.3 is 15.6 Å².